The molecule has 7 nitrogen and oxygen atoms in total. The third kappa shape index (κ3) is 3.41. The van der Waals surface area contributed by atoms with Crippen molar-refractivity contribution in [1.82, 2.24) is 15.1 Å². The van der Waals surface area contributed by atoms with E-state index in [4.69, 9.17) is 4.42 Å². The molecule has 110 valence electrons. The minimum absolute atomic E-state index is 0.0519. The Kier molecular flexibility index (Phi) is 4.51. The standard InChI is InChI=1S/C11H15BrN4O3S/c1-3-13-7-8-6-9(11(12)19-8)20(17,18)15-10-4-5-16(2)14-10/h4-6,13H,3,7H2,1-2H3,(H,14,15). The molecule has 0 spiro atoms. The second-order valence-corrected chi connectivity index (χ2v) is 6.48. The molecule has 2 heterocycles. The molecule has 0 atom stereocenters. The highest BCUT2D eigenvalue weighted by molar-refractivity contribution is 9.10. The van der Waals surface area contributed by atoms with Gasteiger partial charge >= 0.3 is 0 Å². The van der Waals surface area contributed by atoms with Crippen LogP contribution in [0.5, 0.6) is 0 Å². The molecule has 0 fully saturated rings. The molecule has 0 unspecified atom stereocenters. The summed E-state index contributed by atoms with van der Waals surface area (Å²) in [4.78, 5) is 0.0519. The fourth-order valence-electron chi connectivity index (χ4n) is 1.58. The van der Waals surface area contributed by atoms with Gasteiger partial charge in [0.25, 0.3) is 10.0 Å². The lowest BCUT2D eigenvalue weighted by Gasteiger charge is -2.02. The maximum absolute atomic E-state index is 12.2. The van der Waals surface area contributed by atoms with Gasteiger partial charge in [-0.2, -0.15) is 5.10 Å². The van der Waals surface area contributed by atoms with E-state index in [1.54, 1.807) is 19.3 Å². The van der Waals surface area contributed by atoms with Crippen LogP contribution >= 0.6 is 15.9 Å². The van der Waals surface area contributed by atoms with Crippen LogP contribution < -0.4 is 10.0 Å². The molecule has 2 aromatic rings. The number of furan rings is 1. The van der Waals surface area contributed by atoms with Crippen molar-refractivity contribution in [2.75, 3.05) is 11.3 Å². The van der Waals surface area contributed by atoms with Crippen molar-refractivity contribution >= 4 is 31.8 Å². The number of rotatable bonds is 6. The summed E-state index contributed by atoms with van der Waals surface area (Å²) in [5.74, 6) is 0.800. The predicted octanol–water partition coefficient (Wildman–Crippen LogP) is 1.69. The molecule has 0 aliphatic heterocycles. The van der Waals surface area contributed by atoms with Crippen LogP contribution in [0.15, 0.2) is 32.3 Å². The first-order chi connectivity index (χ1) is 9.42. The van der Waals surface area contributed by atoms with Gasteiger partial charge in [0.1, 0.15) is 10.7 Å². The number of anilines is 1. The molecule has 0 aliphatic carbocycles. The van der Waals surface area contributed by atoms with E-state index in [9.17, 15) is 8.42 Å². The average molecular weight is 363 g/mol. The molecule has 0 radical (unpaired) electrons. The quantitative estimate of drug-likeness (QED) is 0.815. The molecule has 0 aromatic carbocycles. The van der Waals surface area contributed by atoms with E-state index in [1.807, 2.05) is 6.92 Å². The Morgan fingerprint density at radius 3 is 2.85 bits per heavy atom. The topological polar surface area (TPSA) is 89.2 Å². The van der Waals surface area contributed by atoms with Gasteiger partial charge in [0.2, 0.25) is 0 Å². The lowest BCUT2D eigenvalue weighted by Crippen LogP contribution is -2.13. The summed E-state index contributed by atoms with van der Waals surface area (Å²) in [6, 6.07) is 3.06. The van der Waals surface area contributed by atoms with Gasteiger partial charge < -0.3 is 9.73 Å². The Morgan fingerprint density at radius 1 is 1.50 bits per heavy atom. The zero-order chi connectivity index (χ0) is 14.8. The number of halogens is 1. The Hall–Kier alpha value is -1.32. The molecule has 0 aliphatic rings. The Morgan fingerprint density at radius 2 is 2.25 bits per heavy atom. The summed E-state index contributed by atoms with van der Waals surface area (Å²) in [6.45, 7) is 3.19. The van der Waals surface area contributed by atoms with Crippen molar-refractivity contribution in [3.05, 3.63) is 28.8 Å². The van der Waals surface area contributed by atoms with Crippen LogP contribution in [0.3, 0.4) is 0 Å². The van der Waals surface area contributed by atoms with Crippen LogP contribution in [0, 0.1) is 0 Å². The first-order valence-corrected chi connectivity index (χ1v) is 8.21. The van der Waals surface area contributed by atoms with Crippen LogP contribution in [0.1, 0.15) is 12.7 Å². The smallest absolute Gasteiger partial charge is 0.267 e. The van der Waals surface area contributed by atoms with Crippen molar-refractivity contribution in [2.45, 2.75) is 18.4 Å². The summed E-state index contributed by atoms with van der Waals surface area (Å²) in [5, 5.41) is 7.04. The number of nitrogens with zero attached hydrogens (tertiary/aromatic N) is 2. The SMILES string of the molecule is CCNCc1cc(S(=O)(=O)Nc2ccn(C)n2)c(Br)o1. The molecule has 0 amide bonds. The molecule has 0 saturated heterocycles. The average Bonchev–Trinajstić information content (AvgIpc) is 2.93. The highest BCUT2D eigenvalue weighted by Crippen LogP contribution is 2.27. The van der Waals surface area contributed by atoms with E-state index in [2.05, 4.69) is 31.1 Å². The van der Waals surface area contributed by atoms with Crippen molar-refractivity contribution in [3.63, 3.8) is 0 Å². The molecule has 2 aromatic heterocycles. The third-order valence-electron chi connectivity index (χ3n) is 2.50. The molecule has 20 heavy (non-hydrogen) atoms. The van der Waals surface area contributed by atoms with Crippen LogP contribution in [0.4, 0.5) is 5.82 Å². The van der Waals surface area contributed by atoms with Gasteiger partial charge in [0.15, 0.2) is 10.5 Å². The Balaban J connectivity index is 2.22. The minimum Gasteiger partial charge on any atom is -0.451 e. The number of hydrogen-bond donors (Lipinski definition) is 2. The summed E-state index contributed by atoms with van der Waals surface area (Å²) in [5.41, 5.74) is 0. The van der Waals surface area contributed by atoms with E-state index in [-0.39, 0.29) is 15.4 Å². The third-order valence-corrected chi connectivity index (χ3v) is 4.71. The Labute approximate surface area is 125 Å². The second-order valence-electron chi connectivity index (χ2n) is 4.11. The minimum atomic E-state index is -3.73. The van der Waals surface area contributed by atoms with Gasteiger partial charge in [-0.15, -0.1) is 0 Å². The van der Waals surface area contributed by atoms with Gasteiger partial charge in [-0.25, -0.2) is 8.42 Å². The van der Waals surface area contributed by atoms with E-state index >= 15 is 0 Å². The number of sulfonamides is 1. The molecule has 9 heteroatoms. The summed E-state index contributed by atoms with van der Waals surface area (Å²) >= 11 is 3.12. The summed E-state index contributed by atoms with van der Waals surface area (Å²) < 4.78 is 33.9. The largest absolute Gasteiger partial charge is 0.451 e. The van der Waals surface area contributed by atoms with Crippen molar-refractivity contribution < 1.29 is 12.8 Å². The lowest BCUT2D eigenvalue weighted by molar-refractivity contribution is 0.464. The number of hydrogen-bond acceptors (Lipinski definition) is 5. The zero-order valence-corrected chi connectivity index (χ0v) is 13.5. The first kappa shape index (κ1) is 15.1. The second kappa shape index (κ2) is 5.98. The monoisotopic (exact) mass is 362 g/mol. The molecular formula is C11H15BrN4O3S. The van der Waals surface area contributed by atoms with E-state index in [0.717, 1.165) is 6.54 Å². The number of aryl methyl sites for hydroxylation is 1. The summed E-state index contributed by atoms with van der Waals surface area (Å²) in [6.07, 6.45) is 1.65. The number of nitrogens with one attached hydrogen (secondary N) is 2. The predicted molar refractivity (Wildman–Crippen MR) is 77.8 cm³/mol. The van der Waals surface area contributed by atoms with E-state index in [0.29, 0.717) is 12.3 Å². The maximum Gasteiger partial charge on any atom is 0.267 e. The van der Waals surface area contributed by atoms with Gasteiger partial charge in [-0.05, 0) is 22.5 Å². The maximum atomic E-state index is 12.2. The van der Waals surface area contributed by atoms with Crippen LogP contribution in [0.2, 0.25) is 0 Å². The van der Waals surface area contributed by atoms with Crippen LogP contribution in [0.25, 0.3) is 0 Å². The molecule has 2 N–H and O–H groups in total. The fourth-order valence-corrected chi connectivity index (χ4v) is 3.57. The lowest BCUT2D eigenvalue weighted by atomic mass is 10.4. The van der Waals surface area contributed by atoms with E-state index < -0.39 is 10.0 Å². The van der Waals surface area contributed by atoms with Crippen molar-refractivity contribution in [1.29, 1.82) is 0 Å². The first-order valence-electron chi connectivity index (χ1n) is 5.93. The van der Waals surface area contributed by atoms with Gasteiger partial charge in [-0.3, -0.25) is 9.40 Å². The summed E-state index contributed by atoms with van der Waals surface area (Å²) in [7, 11) is -2.02. The van der Waals surface area contributed by atoms with Crippen molar-refractivity contribution in [3.8, 4) is 0 Å². The molecule has 0 saturated carbocycles. The van der Waals surface area contributed by atoms with Gasteiger partial charge in [-0.1, -0.05) is 6.92 Å². The van der Waals surface area contributed by atoms with Crippen LogP contribution in [-0.4, -0.2) is 24.7 Å². The number of aromatic nitrogens is 2. The molecular weight excluding hydrogens is 348 g/mol. The fraction of sp³-hybridized carbons (Fsp3) is 0.364. The zero-order valence-electron chi connectivity index (χ0n) is 11.1. The van der Waals surface area contributed by atoms with Gasteiger partial charge in [0.05, 0.1) is 6.54 Å². The Bertz CT molecular complexity index is 692. The highest BCUT2D eigenvalue weighted by Gasteiger charge is 2.23. The van der Waals surface area contributed by atoms with Gasteiger partial charge in [0, 0.05) is 25.4 Å². The molecule has 2 rings (SSSR count). The normalized spacial score (nSPS) is 11.8. The van der Waals surface area contributed by atoms with Crippen molar-refractivity contribution in [2.24, 2.45) is 7.05 Å². The van der Waals surface area contributed by atoms with E-state index in [1.165, 1.54) is 10.7 Å². The van der Waals surface area contributed by atoms with Crippen LogP contribution in [-0.2, 0) is 23.6 Å². The molecule has 0 bridgehead atoms. The highest BCUT2D eigenvalue weighted by atomic mass is 79.9.